The molecule has 0 aliphatic heterocycles. The quantitative estimate of drug-likeness (QED) is 0.804. The minimum Gasteiger partial charge on any atom is -0.485 e. The summed E-state index contributed by atoms with van der Waals surface area (Å²) in [6, 6.07) is 16.7. The Morgan fingerprint density at radius 1 is 1.00 bits per heavy atom. The van der Waals surface area contributed by atoms with Crippen LogP contribution in [0.5, 0.6) is 5.75 Å². The van der Waals surface area contributed by atoms with Gasteiger partial charge in [-0.05, 0) is 30.2 Å². The summed E-state index contributed by atoms with van der Waals surface area (Å²) in [6.45, 7) is 2.36. The molecule has 2 aromatic carbocycles. The highest BCUT2D eigenvalue weighted by Gasteiger charge is 1.99. The van der Waals surface area contributed by atoms with Gasteiger partial charge in [-0.1, -0.05) is 42.5 Å². The summed E-state index contributed by atoms with van der Waals surface area (Å²) in [5.74, 6) is 0.399. The third-order valence-electron chi connectivity index (χ3n) is 2.45. The molecule has 0 fully saturated rings. The van der Waals surface area contributed by atoms with Crippen LogP contribution < -0.4 is 10.2 Å². The molecule has 0 bridgehead atoms. The highest BCUT2D eigenvalue weighted by molar-refractivity contribution is 5.26. The first-order valence-electron chi connectivity index (χ1n) is 5.53. The third-order valence-corrected chi connectivity index (χ3v) is 2.45. The summed E-state index contributed by atoms with van der Waals surface area (Å²) in [5, 5.41) is 0. The van der Waals surface area contributed by atoms with Crippen LogP contribution in [0.25, 0.3) is 0 Å². The van der Waals surface area contributed by atoms with Crippen LogP contribution in [0.3, 0.4) is 0 Å². The van der Waals surface area contributed by atoms with Gasteiger partial charge in [0.25, 0.3) is 0 Å². The molecule has 2 rings (SSSR count). The van der Waals surface area contributed by atoms with E-state index in [9.17, 15) is 4.79 Å². The highest BCUT2D eigenvalue weighted by Crippen LogP contribution is 2.08. The Bertz CT molecular complexity index is 547. The molecule has 0 radical (unpaired) electrons. The van der Waals surface area contributed by atoms with Crippen LogP contribution in [0.15, 0.2) is 59.4 Å². The van der Waals surface area contributed by atoms with Crippen LogP contribution >= 0.6 is 0 Å². The van der Waals surface area contributed by atoms with Crippen LogP contribution in [-0.4, -0.2) is 0 Å². The summed E-state index contributed by atoms with van der Waals surface area (Å²) < 4.78 is 5.55. The van der Waals surface area contributed by atoms with E-state index >= 15 is 0 Å². The van der Waals surface area contributed by atoms with Gasteiger partial charge in [0.2, 0.25) is 5.43 Å². The molecule has 2 aromatic rings. The summed E-state index contributed by atoms with van der Waals surface area (Å²) >= 11 is 0. The zero-order valence-corrected chi connectivity index (χ0v) is 9.72. The van der Waals surface area contributed by atoms with Crippen molar-refractivity contribution >= 4 is 0 Å². The van der Waals surface area contributed by atoms with Crippen molar-refractivity contribution in [3.8, 4) is 5.75 Å². The minimum atomic E-state index is -0.0889. The first kappa shape index (κ1) is 11.4. The van der Waals surface area contributed by atoms with Gasteiger partial charge in [0.1, 0.15) is 6.61 Å². The lowest BCUT2D eigenvalue weighted by atomic mass is 10.2. The van der Waals surface area contributed by atoms with Gasteiger partial charge in [0.05, 0.1) is 0 Å². The van der Waals surface area contributed by atoms with Gasteiger partial charge in [-0.25, -0.2) is 0 Å². The van der Waals surface area contributed by atoms with Gasteiger partial charge in [-0.15, -0.1) is 0 Å². The van der Waals surface area contributed by atoms with E-state index in [0.717, 1.165) is 11.1 Å². The molecule has 0 amide bonds. The van der Waals surface area contributed by atoms with Crippen molar-refractivity contribution in [2.24, 2.45) is 0 Å². The second-order valence-electron chi connectivity index (χ2n) is 3.92. The predicted molar refractivity (Wildman–Crippen MR) is 68.2 cm³/mol. The number of benzene rings is 1. The topological polar surface area (TPSA) is 26.3 Å². The number of rotatable bonds is 3. The molecule has 0 aromatic heterocycles. The number of ether oxygens (including phenoxy) is 1. The van der Waals surface area contributed by atoms with E-state index < -0.39 is 0 Å². The fraction of sp³-hybridized carbons (Fsp3) is 0.133. The second kappa shape index (κ2) is 5.30. The summed E-state index contributed by atoms with van der Waals surface area (Å²) in [5.41, 5.74) is 1.97. The Morgan fingerprint density at radius 3 is 2.53 bits per heavy atom. The van der Waals surface area contributed by atoms with Crippen molar-refractivity contribution in [2.75, 3.05) is 0 Å². The molecule has 0 aliphatic carbocycles. The second-order valence-corrected chi connectivity index (χ2v) is 3.92. The molecule has 0 saturated carbocycles. The van der Waals surface area contributed by atoms with Crippen LogP contribution in [-0.2, 0) is 6.61 Å². The maximum atomic E-state index is 11.7. The van der Waals surface area contributed by atoms with E-state index in [1.807, 2.05) is 43.3 Å². The van der Waals surface area contributed by atoms with Gasteiger partial charge in [0.15, 0.2) is 5.75 Å². The molecule has 2 nitrogen and oxygen atoms in total. The van der Waals surface area contributed by atoms with E-state index in [2.05, 4.69) is 0 Å². The number of hydrogen-bond acceptors (Lipinski definition) is 2. The molecule has 2 heteroatoms. The monoisotopic (exact) mass is 226 g/mol. The van der Waals surface area contributed by atoms with Crippen molar-refractivity contribution < 1.29 is 4.74 Å². The summed E-state index contributed by atoms with van der Waals surface area (Å²) in [6.07, 6.45) is 0. The molecule has 0 heterocycles. The van der Waals surface area contributed by atoms with Crippen molar-refractivity contribution in [2.45, 2.75) is 13.5 Å². The fourth-order valence-electron chi connectivity index (χ4n) is 1.54. The van der Waals surface area contributed by atoms with E-state index in [0.29, 0.717) is 12.4 Å². The van der Waals surface area contributed by atoms with E-state index in [-0.39, 0.29) is 5.43 Å². The van der Waals surface area contributed by atoms with Gasteiger partial charge in [0, 0.05) is 0 Å². The first-order valence-corrected chi connectivity index (χ1v) is 5.53. The van der Waals surface area contributed by atoms with Crippen LogP contribution in [0, 0.1) is 6.92 Å². The van der Waals surface area contributed by atoms with E-state index in [1.54, 1.807) is 12.1 Å². The SMILES string of the molecule is Cc1cccc(=O)c(OCc2ccccc2)c1. The van der Waals surface area contributed by atoms with Crippen molar-refractivity contribution in [3.63, 3.8) is 0 Å². The van der Waals surface area contributed by atoms with Gasteiger partial charge < -0.3 is 4.74 Å². The molecule has 0 atom stereocenters. The first-order chi connectivity index (χ1) is 8.25. The Hall–Kier alpha value is -2.09. The van der Waals surface area contributed by atoms with Gasteiger partial charge in [-0.3, -0.25) is 4.79 Å². The van der Waals surface area contributed by atoms with Crippen molar-refractivity contribution in [1.29, 1.82) is 0 Å². The lowest BCUT2D eigenvalue weighted by Crippen LogP contribution is -2.04. The predicted octanol–water partition coefficient (Wildman–Crippen LogP) is 2.93. The average molecular weight is 226 g/mol. The molecule has 0 N–H and O–H groups in total. The fourth-order valence-corrected chi connectivity index (χ4v) is 1.54. The van der Waals surface area contributed by atoms with Gasteiger partial charge in [-0.2, -0.15) is 0 Å². The third kappa shape index (κ3) is 3.18. The zero-order chi connectivity index (χ0) is 12.1. The lowest BCUT2D eigenvalue weighted by Gasteiger charge is -2.03. The summed E-state index contributed by atoms with van der Waals surface area (Å²) in [7, 11) is 0. The van der Waals surface area contributed by atoms with Crippen LogP contribution in [0.2, 0.25) is 0 Å². The largest absolute Gasteiger partial charge is 0.485 e. The number of aryl methyl sites for hydroxylation is 1. The van der Waals surface area contributed by atoms with Crippen molar-refractivity contribution in [3.05, 3.63) is 75.9 Å². The zero-order valence-electron chi connectivity index (χ0n) is 9.72. The van der Waals surface area contributed by atoms with E-state index in [4.69, 9.17) is 4.74 Å². The molecular formula is C15H14O2. The normalized spacial score (nSPS) is 9.94. The van der Waals surface area contributed by atoms with E-state index in [1.165, 1.54) is 6.07 Å². The molecule has 86 valence electrons. The molecule has 0 spiro atoms. The standard InChI is InChI=1S/C15H14O2/c1-12-6-5-9-14(16)15(10-12)17-11-13-7-3-2-4-8-13/h2-10H,11H2,1H3. The van der Waals surface area contributed by atoms with Crippen molar-refractivity contribution in [1.82, 2.24) is 0 Å². The Balaban J connectivity index is 2.18. The summed E-state index contributed by atoms with van der Waals surface area (Å²) in [4.78, 5) is 11.7. The molecule has 0 unspecified atom stereocenters. The molecule has 0 aliphatic rings. The smallest absolute Gasteiger partial charge is 0.220 e. The molecule has 0 saturated heterocycles. The lowest BCUT2D eigenvalue weighted by molar-refractivity contribution is 0.303. The minimum absolute atomic E-state index is 0.0889. The highest BCUT2D eigenvalue weighted by atomic mass is 16.5. The average Bonchev–Trinajstić information content (AvgIpc) is 2.50. The maximum absolute atomic E-state index is 11.7. The van der Waals surface area contributed by atoms with Crippen LogP contribution in [0.1, 0.15) is 11.1 Å². The Kier molecular flexibility index (Phi) is 3.55. The van der Waals surface area contributed by atoms with Crippen LogP contribution in [0.4, 0.5) is 0 Å². The van der Waals surface area contributed by atoms with Gasteiger partial charge >= 0.3 is 0 Å². The number of hydrogen-bond donors (Lipinski definition) is 0. The Morgan fingerprint density at radius 2 is 1.76 bits per heavy atom. The molecule has 17 heavy (non-hydrogen) atoms. The molecular weight excluding hydrogens is 212 g/mol. The maximum Gasteiger partial charge on any atom is 0.220 e. The Labute approximate surface area is 101 Å².